The summed E-state index contributed by atoms with van der Waals surface area (Å²) in [4.78, 5) is 17.5. The van der Waals surface area contributed by atoms with E-state index >= 15 is 0 Å². The molecule has 0 radical (unpaired) electrons. The number of carbonyl (C=O) groups excluding carboxylic acids is 1. The van der Waals surface area contributed by atoms with Gasteiger partial charge in [0.1, 0.15) is 6.10 Å². The lowest BCUT2D eigenvalue weighted by Crippen LogP contribution is -2.79. The number of piperidine rings is 1. The third-order valence-electron chi connectivity index (χ3n) is 10.6. The summed E-state index contributed by atoms with van der Waals surface area (Å²) in [7, 11) is 1.79. The summed E-state index contributed by atoms with van der Waals surface area (Å²) in [6.07, 6.45) is 5.56. The zero-order chi connectivity index (χ0) is 29.9. The highest BCUT2D eigenvalue weighted by Crippen LogP contribution is 2.66. The first-order chi connectivity index (χ1) is 20.8. The molecule has 1 amide bonds. The van der Waals surface area contributed by atoms with Crippen LogP contribution in [0.3, 0.4) is 0 Å². The molecule has 1 spiro atoms. The van der Waals surface area contributed by atoms with Crippen LogP contribution in [0.5, 0.6) is 11.5 Å². The minimum absolute atomic E-state index is 0.0374. The first-order valence-corrected chi connectivity index (χ1v) is 15.2. The van der Waals surface area contributed by atoms with Crippen LogP contribution in [0.4, 0.5) is 0 Å². The number of phenolic OH excluding ortho intramolecular Hbond substituents is 1. The van der Waals surface area contributed by atoms with Gasteiger partial charge in [-0.05, 0) is 67.9 Å². The summed E-state index contributed by atoms with van der Waals surface area (Å²) in [6, 6.07) is 23.3. The predicted molar refractivity (Wildman–Crippen MR) is 164 cm³/mol. The first-order valence-electron chi connectivity index (χ1n) is 15.2. The highest BCUT2D eigenvalue weighted by molar-refractivity contribution is 5.92. The van der Waals surface area contributed by atoms with Crippen molar-refractivity contribution in [3.63, 3.8) is 0 Å². The van der Waals surface area contributed by atoms with Crippen molar-refractivity contribution in [2.75, 3.05) is 13.6 Å². The Balaban J connectivity index is 1.26. The van der Waals surface area contributed by atoms with E-state index in [-0.39, 0.29) is 23.7 Å². The molecule has 1 saturated heterocycles. The van der Waals surface area contributed by atoms with E-state index in [0.29, 0.717) is 38.0 Å². The second kappa shape index (κ2) is 10.3. The highest BCUT2D eigenvalue weighted by Gasteiger charge is 2.74. The van der Waals surface area contributed by atoms with Crippen LogP contribution in [-0.2, 0) is 23.1 Å². The van der Waals surface area contributed by atoms with Crippen molar-refractivity contribution < 1.29 is 19.7 Å². The summed E-state index contributed by atoms with van der Waals surface area (Å²) in [6.45, 7) is 2.67. The number of benzene rings is 3. The van der Waals surface area contributed by atoms with Crippen molar-refractivity contribution in [1.82, 2.24) is 9.80 Å². The van der Waals surface area contributed by atoms with Gasteiger partial charge in [0.05, 0.1) is 29.2 Å². The fraction of sp³-hybridized carbons (Fsp3) is 0.389. The second-order valence-corrected chi connectivity index (χ2v) is 12.7. The Morgan fingerprint density at radius 1 is 1.19 bits per heavy atom. The van der Waals surface area contributed by atoms with E-state index in [1.807, 2.05) is 61.5 Å². The van der Waals surface area contributed by atoms with Crippen molar-refractivity contribution in [2.45, 2.75) is 74.3 Å². The van der Waals surface area contributed by atoms with Crippen molar-refractivity contribution in [2.24, 2.45) is 0 Å². The zero-order valence-corrected chi connectivity index (χ0v) is 24.6. The van der Waals surface area contributed by atoms with E-state index < -0.39 is 23.2 Å². The molecule has 4 aliphatic rings. The minimum atomic E-state index is -1.18. The number of ether oxygens (including phenoxy) is 1. The summed E-state index contributed by atoms with van der Waals surface area (Å²) in [5.41, 5.74) is 3.05. The maximum Gasteiger partial charge on any atom is 0.246 e. The molecule has 2 heterocycles. The maximum absolute atomic E-state index is 13.5. The zero-order valence-electron chi connectivity index (χ0n) is 24.6. The van der Waals surface area contributed by atoms with E-state index in [4.69, 9.17) is 4.74 Å². The van der Waals surface area contributed by atoms with Gasteiger partial charge in [0.25, 0.3) is 0 Å². The van der Waals surface area contributed by atoms with E-state index in [1.165, 1.54) is 5.56 Å². The van der Waals surface area contributed by atoms with Crippen molar-refractivity contribution in [3.8, 4) is 17.6 Å². The molecule has 0 aromatic heterocycles. The summed E-state index contributed by atoms with van der Waals surface area (Å²) < 4.78 is 6.64. The average molecular weight is 576 g/mol. The van der Waals surface area contributed by atoms with Gasteiger partial charge in [-0.1, -0.05) is 66.2 Å². The highest BCUT2D eigenvalue weighted by atomic mass is 16.5. The molecule has 2 aliphatic heterocycles. The third kappa shape index (κ3) is 4.11. The number of aliphatic hydroxyl groups is 1. The second-order valence-electron chi connectivity index (χ2n) is 12.7. The van der Waals surface area contributed by atoms with E-state index in [2.05, 4.69) is 23.1 Å². The standard InChI is InChI=1S/C36H37N3O4/c1-23-7-6-10-25(19-23)11-14-31(41)38(2)28-15-17-36(42)30-20-26-12-13-29(40)33-32(26)35(36,34(28)43-33)21-27(22-37)39(30)18-16-24-8-4-3-5-9-24/h3-14,19,27-28,30,34,40,42H,15-18,20-21H2,1-2H3/t27?,28-,30-,34+,35+,36-/m1/s1. The van der Waals surface area contributed by atoms with E-state index in [0.717, 1.165) is 28.7 Å². The number of phenols is 1. The van der Waals surface area contributed by atoms with Gasteiger partial charge in [-0.15, -0.1) is 0 Å². The number of rotatable bonds is 6. The van der Waals surface area contributed by atoms with Gasteiger partial charge in [0, 0.05) is 31.3 Å². The fourth-order valence-corrected chi connectivity index (χ4v) is 8.59. The third-order valence-corrected chi connectivity index (χ3v) is 10.6. The summed E-state index contributed by atoms with van der Waals surface area (Å²) in [5.74, 6) is 0.286. The lowest BCUT2D eigenvalue weighted by molar-refractivity contribution is -0.206. The first kappa shape index (κ1) is 27.7. The molecule has 2 aliphatic carbocycles. The van der Waals surface area contributed by atoms with Gasteiger partial charge >= 0.3 is 0 Å². The van der Waals surface area contributed by atoms with Crippen LogP contribution in [-0.4, -0.2) is 69.3 Å². The van der Waals surface area contributed by atoms with Crippen molar-refractivity contribution >= 4 is 12.0 Å². The lowest BCUT2D eigenvalue weighted by atomic mass is 9.47. The number of amides is 1. The Kier molecular flexibility index (Phi) is 6.61. The molecule has 2 fully saturated rings. The number of hydrogen-bond acceptors (Lipinski definition) is 6. The van der Waals surface area contributed by atoms with Crippen LogP contribution in [0.1, 0.15) is 47.1 Å². The maximum atomic E-state index is 13.5. The number of nitrogens with zero attached hydrogens (tertiary/aromatic N) is 3. The Hall–Kier alpha value is -4.12. The molecule has 43 heavy (non-hydrogen) atoms. The Morgan fingerprint density at radius 2 is 2.00 bits per heavy atom. The normalized spacial score (nSPS) is 30.4. The number of likely N-dealkylation sites (tertiary alicyclic amines) is 1. The van der Waals surface area contributed by atoms with Crippen LogP contribution in [0.15, 0.2) is 72.8 Å². The monoisotopic (exact) mass is 575 g/mol. The van der Waals surface area contributed by atoms with Crippen LogP contribution in [0.2, 0.25) is 0 Å². The van der Waals surface area contributed by atoms with Gasteiger partial charge in [0.15, 0.2) is 11.5 Å². The van der Waals surface area contributed by atoms with Crippen LogP contribution < -0.4 is 4.74 Å². The van der Waals surface area contributed by atoms with Gasteiger partial charge in [0.2, 0.25) is 5.91 Å². The molecule has 220 valence electrons. The van der Waals surface area contributed by atoms with Gasteiger partial charge in [-0.2, -0.15) is 5.26 Å². The Morgan fingerprint density at radius 3 is 2.77 bits per heavy atom. The molecule has 3 aromatic carbocycles. The van der Waals surface area contributed by atoms with Crippen LogP contribution in [0, 0.1) is 18.3 Å². The molecule has 6 atom stereocenters. The number of likely N-dealkylation sites (N-methyl/N-ethyl adjacent to an activating group) is 1. The molecular weight excluding hydrogens is 538 g/mol. The number of aryl methyl sites for hydroxylation is 1. The van der Waals surface area contributed by atoms with Gasteiger partial charge < -0.3 is 19.8 Å². The molecular formula is C36H37N3O4. The largest absolute Gasteiger partial charge is 0.504 e. The smallest absolute Gasteiger partial charge is 0.246 e. The molecule has 7 rings (SSSR count). The number of carbonyl (C=O) groups is 1. The summed E-state index contributed by atoms with van der Waals surface area (Å²) >= 11 is 0. The molecule has 1 unspecified atom stereocenters. The van der Waals surface area contributed by atoms with E-state index in [1.54, 1.807) is 24.1 Å². The van der Waals surface area contributed by atoms with Crippen molar-refractivity contribution in [3.05, 3.63) is 101 Å². The number of hydrogen-bond donors (Lipinski definition) is 2. The summed E-state index contributed by atoms with van der Waals surface area (Å²) in [5, 5.41) is 34.4. The number of aromatic hydroxyl groups is 1. The van der Waals surface area contributed by atoms with Crippen LogP contribution in [0.25, 0.3) is 6.08 Å². The molecule has 2 N–H and O–H groups in total. The number of nitriles is 1. The Bertz CT molecular complexity index is 1650. The Labute approximate surface area is 252 Å². The lowest BCUT2D eigenvalue weighted by Gasteiger charge is -2.65. The SMILES string of the molecule is Cc1cccc(C=CC(=O)N(C)[C@@H]2CC[C@@]3(O)[C@H]4Cc5ccc(O)c6c5[C@@]3(CC(C#N)N4CCc3ccccc3)[C@H]2O6)c1. The van der Waals surface area contributed by atoms with Crippen LogP contribution >= 0.6 is 0 Å². The molecule has 1 saturated carbocycles. The van der Waals surface area contributed by atoms with Gasteiger partial charge in [-0.25, -0.2) is 0 Å². The fourth-order valence-electron chi connectivity index (χ4n) is 8.59. The average Bonchev–Trinajstić information content (AvgIpc) is 3.36. The molecule has 7 nitrogen and oxygen atoms in total. The predicted octanol–water partition coefficient (Wildman–Crippen LogP) is 4.53. The minimum Gasteiger partial charge on any atom is -0.504 e. The van der Waals surface area contributed by atoms with E-state index in [9.17, 15) is 20.3 Å². The van der Waals surface area contributed by atoms with Crippen molar-refractivity contribution in [1.29, 1.82) is 5.26 Å². The van der Waals surface area contributed by atoms with Gasteiger partial charge in [-0.3, -0.25) is 9.69 Å². The quantitative estimate of drug-likeness (QED) is 0.420. The molecule has 7 heteroatoms. The molecule has 2 bridgehead atoms. The topological polar surface area (TPSA) is 97.0 Å². The molecule has 3 aromatic rings.